The highest BCUT2D eigenvalue weighted by Crippen LogP contribution is 2.27. The van der Waals surface area contributed by atoms with Crippen molar-refractivity contribution in [3.63, 3.8) is 0 Å². The number of fused-ring (bicyclic) bond motifs is 1. The number of nitrogens with one attached hydrogen (secondary N) is 2. The number of pyridine rings is 1. The van der Waals surface area contributed by atoms with E-state index in [1.807, 2.05) is 38.4 Å². The molecule has 3 aromatic rings. The molecule has 4 rings (SSSR count). The van der Waals surface area contributed by atoms with Crippen molar-refractivity contribution in [1.29, 1.82) is 5.26 Å². The number of terminal acetylenes is 1. The fourth-order valence-electron chi connectivity index (χ4n) is 4.06. The second-order valence-electron chi connectivity index (χ2n) is 9.47. The molecule has 0 spiro atoms. The van der Waals surface area contributed by atoms with Crippen LogP contribution in [-0.4, -0.2) is 63.2 Å². The van der Waals surface area contributed by atoms with Crippen molar-refractivity contribution in [2.45, 2.75) is 6.42 Å². The summed E-state index contributed by atoms with van der Waals surface area (Å²) in [6, 6.07) is 9.05. The van der Waals surface area contributed by atoms with Crippen LogP contribution < -0.4 is 10.6 Å². The summed E-state index contributed by atoms with van der Waals surface area (Å²) in [7, 11) is 3.74. The van der Waals surface area contributed by atoms with Gasteiger partial charge in [0.15, 0.2) is 0 Å². The molecule has 1 aromatic carbocycles. The van der Waals surface area contributed by atoms with Gasteiger partial charge in [-0.15, -0.1) is 6.42 Å². The number of rotatable bonds is 9. The van der Waals surface area contributed by atoms with Crippen LogP contribution in [0.5, 0.6) is 0 Å². The van der Waals surface area contributed by atoms with Gasteiger partial charge < -0.3 is 25.2 Å². The van der Waals surface area contributed by atoms with Crippen LogP contribution in [0.1, 0.15) is 12.0 Å². The fraction of sp³-hybridized carbons (Fsp3) is 0.185. The van der Waals surface area contributed by atoms with E-state index in [1.165, 1.54) is 18.6 Å². The molecule has 2 N–H and O–H groups in total. The summed E-state index contributed by atoms with van der Waals surface area (Å²) in [5, 5.41) is 27.0. The molecule has 1 amide bonds. The van der Waals surface area contributed by atoms with Crippen LogP contribution in [0.3, 0.4) is 0 Å². The number of hydrogen-bond acceptors (Lipinski definition) is 9. The molecule has 0 saturated carbocycles. The quantitative estimate of drug-likeness (QED) is 0.123. The largest absolute Gasteiger partial charge is 0.369 e. The average Bonchev–Trinajstić information content (AvgIpc) is 3.32. The van der Waals surface area contributed by atoms with Gasteiger partial charge in [0.1, 0.15) is 30.6 Å². The van der Waals surface area contributed by atoms with Crippen molar-refractivity contribution in [2.75, 3.05) is 37.8 Å². The molecule has 200 valence electrons. The third kappa shape index (κ3) is 6.71. The summed E-state index contributed by atoms with van der Waals surface area (Å²) in [6.45, 7) is 0.712. The van der Waals surface area contributed by atoms with Crippen molar-refractivity contribution in [3.05, 3.63) is 80.5 Å². The summed E-state index contributed by atoms with van der Waals surface area (Å²) in [5.41, 5.74) is 2.60. The highest BCUT2D eigenvalue weighted by molar-refractivity contribution is 9.10. The third-order valence-corrected chi connectivity index (χ3v) is 6.58. The van der Waals surface area contributed by atoms with Crippen molar-refractivity contribution in [3.8, 4) is 18.4 Å². The highest BCUT2D eigenvalue weighted by Gasteiger charge is 2.33. The number of nitrogens with zero attached hydrogens (tertiary/aromatic N) is 7. The Kier molecular flexibility index (Phi) is 8.29. The molecule has 40 heavy (non-hydrogen) atoms. The first-order valence-electron chi connectivity index (χ1n) is 11.9. The van der Waals surface area contributed by atoms with Gasteiger partial charge in [-0.1, -0.05) is 5.92 Å². The van der Waals surface area contributed by atoms with Crippen LogP contribution >= 0.6 is 15.9 Å². The lowest BCUT2D eigenvalue weighted by Crippen LogP contribution is -2.41. The zero-order valence-electron chi connectivity index (χ0n) is 21.6. The standard InChI is InChI=1S/C27H22BrN9O3/c1-4-17-10-19(7-8-22(17)28)33-26-21-12-24(30-14-23(21)31-16-32-26)35-25(38)6-5-9-37(2,3)15-18-11-20(13-29)34-27(18)36(39)40/h1,5-8,10,12,14,16H,9,11,15H2,2-3H3,(H-,30,31,32,33,35,38)/p+1/b6-5+. The number of quaternary nitrogens is 1. The van der Waals surface area contributed by atoms with Crippen molar-refractivity contribution < 1.29 is 14.2 Å². The Bertz CT molecular complexity index is 1700. The van der Waals surface area contributed by atoms with Crippen LogP contribution in [0.25, 0.3) is 10.9 Å². The number of nitro groups is 1. The molecule has 13 heteroatoms. The molecule has 0 unspecified atom stereocenters. The maximum atomic E-state index is 12.6. The zero-order valence-corrected chi connectivity index (χ0v) is 23.1. The van der Waals surface area contributed by atoms with Gasteiger partial charge >= 0.3 is 5.82 Å². The van der Waals surface area contributed by atoms with Gasteiger partial charge in [-0.2, -0.15) is 5.26 Å². The first-order chi connectivity index (χ1) is 19.1. The topological polar surface area (TPSA) is 159 Å². The van der Waals surface area contributed by atoms with Gasteiger partial charge in [0, 0.05) is 27.2 Å². The first-order valence-corrected chi connectivity index (χ1v) is 12.7. The zero-order chi connectivity index (χ0) is 28.9. The maximum Gasteiger partial charge on any atom is 0.369 e. The van der Waals surface area contributed by atoms with E-state index < -0.39 is 10.8 Å². The third-order valence-electron chi connectivity index (χ3n) is 5.89. The Morgan fingerprint density at radius 1 is 1.30 bits per heavy atom. The number of halogens is 1. The molecule has 0 saturated heterocycles. The fourth-order valence-corrected chi connectivity index (χ4v) is 4.42. The van der Waals surface area contributed by atoms with Gasteiger partial charge in [-0.05, 0) is 56.2 Å². The van der Waals surface area contributed by atoms with Gasteiger partial charge in [0.05, 0.1) is 44.3 Å². The first kappa shape index (κ1) is 28.0. The molecule has 2 aromatic heterocycles. The summed E-state index contributed by atoms with van der Waals surface area (Å²) in [6.07, 6.45) is 11.7. The smallest absolute Gasteiger partial charge is 0.358 e. The number of likely N-dealkylation sites (N-methyl/N-ethyl adjacent to an activating group) is 1. The minimum absolute atomic E-state index is 0.123. The molecule has 12 nitrogen and oxygen atoms in total. The lowest BCUT2D eigenvalue weighted by molar-refractivity contribution is -0.880. The Labute approximate surface area is 238 Å². The molecule has 1 aliphatic rings. The molecule has 0 bridgehead atoms. The molecule has 0 aliphatic carbocycles. The Morgan fingerprint density at radius 2 is 2.10 bits per heavy atom. The number of nitriles is 1. The van der Waals surface area contributed by atoms with Crippen LogP contribution in [-0.2, 0) is 4.79 Å². The monoisotopic (exact) mass is 600 g/mol. The summed E-state index contributed by atoms with van der Waals surface area (Å²) >= 11 is 3.42. The molecular weight excluding hydrogens is 578 g/mol. The Hall–Kier alpha value is -4.98. The minimum atomic E-state index is -0.570. The van der Waals surface area contributed by atoms with E-state index in [2.05, 4.69) is 52.4 Å². The maximum absolute atomic E-state index is 12.6. The van der Waals surface area contributed by atoms with Crippen LogP contribution in [0, 0.1) is 33.8 Å². The number of carbonyl (C=O) groups is 1. The second kappa shape index (κ2) is 11.8. The molecule has 1 aliphatic heterocycles. The van der Waals surface area contributed by atoms with E-state index in [0.29, 0.717) is 51.2 Å². The van der Waals surface area contributed by atoms with Crippen molar-refractivity contribution >= 4 is 55.8 Å². The second-order valence-corrected chi connectivity index (χ2v) is 10.3. The highest BCUT2D eigenvalue weighted by atomic mass is 79.9. The van der Waals surface area contributed by atoms with E-state index in [9.17, 15) is 14.9 Å². The van der Waals surface area contributed by atoms with E-state index in [-0.39, 0.29) is 18.0 Å². The molecule has 0 fully saturated rings. The summed E-state index contributed by atoms with van der Waals surface area (Å²) in [4.78, 5) is 40.0. The van der Waals surface area contributed by atoms with Crippen LogP contribution in [0.4, 0.5) is 17.3 Å². The number of aromatic nitrogens is 3. The Balaban J connectivity index is 1.43. The molecule has 3 heterocycles. The van der Waals surface area contributed by atoms with Crippen molar-refractivity contribution in [1.82, 2.24) is 15.0 Å². The lowest BCUT2D eigenvalue weighted by Gasteiger charge is -2.28. The van der Waals surface area contributed by atoms with E-state index in [1.54, 1.807) is 12.1 Å². The van der Waals surface area contributed by atoms with E-state index in [4.69, 9.17) is 11.7 Å². The van der Waals surface area contributed by atoms with Crippen molar-refractivity contribution in [2.24, 2.45) is 4.99 Å². The lowest BCUT2D eigenvalue weighted by atomic mass is 10.1. The number of carbonyl (C=O) groups excluding carboxylic acids is 1. The Morgan fingerprint density at radius 3 is 2.83 bits per heavy atom. The number of anilines is 3. The predicted octanol–water partition coefficient (Wildman–Crippen LogP) is 3.94. The SMILES string of the molecule is C#Cc1cc(Nc2ncnc3cnc(NC(=O)/C=C/C[N+](C)(C)CC4=C([N+](=O)[O-])N=C(C#N)C4)cc23)ccc1Br. The number of hydrogen-bond donors (Lipinski definition) is 2. The van der Waals surface area contributed by atoms with Crippen LogP contribution in [0.2, 0.25) is 0 Å². The number of benzene rings is 1. The van der Waals surface area contributed by atoms with Gasteiger partial charge in [0.25, 0.3) is 0 Å². The molecular formula is C27H23BrN9O3+. The normalized spacial score (nSPS) is 13.2. The van der Waals surface area contributed by atoms with Crippen LogP contribution in [0.15, 0.2) is 69.8 Å². The number of aliphatic imine (C=N–C) groups is 1. The van der Waals surface area contributed by atoms with E-state index in [0.717, 1.165) is 10.2 Å². The predicted molar refractivity (Wildman–Crippen MR) is 154 cm³/mol. The van der Waals surface area contributed by atoms with E-state index >= 15 is 0 Å². The van der Waals surface area contributed by atoms with Gasteiger partial charge in [0.2, 0.25) is 11.6 Å². The van der Waals surface area contributed by atoms with Gasteiger partial charge in [-0.25, -0.2) is 15.0 Å². The summed E-state index contributed by atoms with van der Waals surface area (Å²) in [5.74, 6) is 2.76. The molecule has 0 radical (unpaired) electrons. The average molecular weight is 601 g/mol. The number of amides is 1. The minimum Gasteiger partial charge on any atom is -0.358 e. The summed E-state index contributed by atoms with van der Waals surface area (Å²) < 4.78 is 1.12. The van der Waals surface area contributed by atoms with Gasteiger partial charge in [-0.3, -0.25) is 4.79 Å². The molecule has 0 atom stereocenters.